The maximum atomic E-state index is 5.15. The van der Waals surface area contributed by atoms with Crippen LogP contribution < -0.4 is 0 Å². The Morgan fingerprint density at radius 1 is 0.292 bits per heavy atom. The van der Waals surface area contributed by atoms with E-state index in [-0.39, 0.29) is 16.2 Å². The van der Waals surface area contributed by atoms with Crippen LogP contribution in [0.25, 0.3) is 78.7 Å². The van der Waals surface area contributed by atoms with Gasteiger partial charge in [0.25, 0.3) is 0 Å². The minimum Gasteiger partial charge on any atom is -0.208 e. The molecule has 0 amide bonds. The summed E-state index contributed by atoms with van der Waals surface area (Å²) in [6, 6.07) is 85.3. The summed E-state index contributed by atoms with van der Waals surface area (Å²) in [7, 11) is 0. The van der Waals surface area contributed by atoms with Gasteiger partial charge < -0.3 is 0 Å². The van der Waals surface area contributed by atoms with Crippen LogP contribution in [0.2, 0.25) is 0 Å². The van der Waals surface area contributed by atoms with Crippen LogP contribution in [0.3, 0.4) is 0 Å². The van der Waals surface area contributed by atoms with E-state index in [0.717, 1.165) is 42.4 Å². The van der Waals surface area contributed by atoms with E-state index in [1.165, 1.54) is 62.1 Å². The van der Waals surface area contributed by atoms with Crippen molar-refractivity contribution < 1.29 is 0 Å². The highest BCUT2D eigenvalue weighted by Gasteiger charge is 2.76. The van der Waals surface area contributed by atoms with Gasteiger partial charge in [0, 0.05) is 32.9 Å². The summed E-state index contributed by atoms with van der Waals surface area (Å²) in [6.45, 7) is 0. The van der Waals surface area contributed by atoms with Gasteiger partial charge in [-0.1, -0.05) is 224 Å². The van der Waals surface area contributed by atoms with E-state index in [2.05, 4.69) is 188 Å². The van der Waals surface area contributed by atoms with Gasteiger partial charge in [-0.3, -0.25) is 0 Å². The van der Waals surface area contributed by atoms with Crippen molar-refractivity contribution in [3.8, 4) is 78.7 Å². The molecule has 3 heteroatoms. The van der Waals surface area contributed by atoms with E-state index in [0.29, 0.717) is 41.1 Å². The van der Waals surface area contributed by atoms with Crippen molar-refractivity contribution >= 4 is 0 Å². The second kappa shape index (κ2) is 15.0. The van der Waals surface area contributed by atoms with E-state index in [1.54, 1.807) is 22.3 Å². The molecule has 0 aliphatic heterocycles. The fourth-order valence-electron chi connectivity index (χ4n) is 16.8. The molecule has 10 aromatic rings. The Kier molecular flexibility index (Phi) is 8.48. The standard InChI is InChI=1S/C69H51N3/c1-3-18-44(19-4-1)63-70-64(45-20-5-2-6-21-45)72-65(71-63)46-36-34-43(35-37-46)51-30-17-31-58-53-25-10-8-23-50(53)48-40-68(62(51)58)39-47-38-67(59-32-15-13-27-55(59)52-24-9-7-22-49(47)52)42-61-57-29-12-11-26-54(57)56-28-14-16-33-60(56)69(61,41-48)66(67)68/h1-37,47-48,61,66H,38-42H2. The average Bonchev–Trinajstić information content (AvgIpc) is 3.70. The van der Waals surface area contributed by atoms with E-state index in [1.807, 2.05) is 36.4 Å². The highest BCUT2D eigenvalue weighted by molar-refractivity contribution is 5.87. The molecule has 72 heavy (non-hydrogen) atoms. The summed E-state index contributed by atoms with van der Waals surface area (Å²) >= 11 is 0. The molecule has 3 saturated carbocycles. The zero-order valence-corrected chi connectivity index (χ0v) is 40.0. The van der Waals surface area contributed by atoms with Crippen molar-refractivity contribution in [3.05, 3.63) is 258 Å². The molecule has 342 valence electrons. The maximum Gasteiger partial charge on any atom is 0.164 e. The topological polar surface area (TPSA) is 38.7 Å². The quantitative estimate of drug-likeness (QED) is 0.177. The molecule has 6 aliphatic rings. The van der Waals surface area contributed by atoms with Crippen LogP contribution in [0.5, 0.6) is 0 Å². The first-order valence-corrected chi connectivity index (χ1v) is 26.2. The number of rotatable bonds is 4. The van der Waals surface area contributed by atoms with Crippen molar-refractivity contribution in [1.29, 1.82) is 0 Å². The molecule has 7 unspecified atom stereocenters. The number of hydrogen-bond donors (Lipinski definition) is 0. The van der Waals surface area contributed by atoms with E-state index in [4.69, 9.17) is 15.0 Å². The van der Waals surface area contributed by atoms with E-state index < -0.39 is 0 Å². The molecule has 3 spiro atoms. The first-order valence-electron chi connectivity index (χ1n) is 26.2. The summed E-state index contributed by atoms with van der Waals surface area (Å²) in [5.41, 5.74) is 23.1. The summed E-state index contributed by atoms with van der Waals surface area (Å²) in [5, 5.41) is 0. The Morgan fingerprint density at radius 2 is 0.708 bits per heavy atom. The van der Waals surface area contributed by atoms with Gasteiger partial charge in [-0.05, 0) is 134 Å². The normalized spacial score (nSPS) is 25.1. The molecular weight excluding hydrogens is 871 g/mol. The SMILES string of the molecule is c1ccc(-c2nc(-c3ccccc3)nc(-c3ccc(-c4cccc5c4C46CC7CC8(CC9c%10ccccc%10-c%10ccccc%10C9(CC(C4)c4ccccc4-5)C86)c4ccccc4-c4ccccc47)cc3)n2)cc1. The number of aromatic nitrogens is 3. The van der Waals surface area contributed by atoms with Crippen molar-refractivity contribution in [2.45, 2.75) is 66.1 Å². The van der Waals surface area contributed by atoms with Crippen LogP contribution in [0.4, 0.5) is 0 Å². The summed E-state index contributed by atoms with van der Waals surface area (Å²) in [5.74, 6) is 3.49. The molecule has 4 bridgehead atoms. The third-order valence-electron chi connectivity index (χ3n) is 18.8. The third kappa shape index (κ3) is 5.43. The smallest absolute Gasteiger partial charge is 0.164 e. The lowest BCUT2D eigenvalue weighted by atomic mass is 9.38. The number of fused-ring (bicyclic) bond motifs is 14. The lowest BCUT2D eigenvalue weighted by Crippen LogP contribution is -2.61. The first-order chi connectivity index (χ1) is 35.6. The van der Waals surface area contributed by atoms with Gasteiger partial charge in [-0.15, -0.1) is 0 Å². The van der Waals surface area contributed by atoms with E-state index >= 15 is 0 Å². The Morgan fingerprint density at radius 3 is 1.33 bits per heavy atom. The second-order valence-corrected chi connectivity index (χ2v) is 21.9. The Balaban J connectivity index is 0.969. The van der Waals surface area contributed by atoms with Gasteiger partial charge in [-0.2, -0.15) is 0 Å². The minimum absolute atomic E-state index is 0.0882. The summed E-state index contributed by atoms with van der Waals surface area (Å²) in [4.78, 5) is 15.3. The molecule has 9 aromatic carbocycles. The maximum absolute atomic E-state index is 5.15. The monoisotopic (exact) mass is 921 g/mol. The molecule has 1 aromatic heterocycles. The predicted molar refractivity (Wildman–Crippen MR) is 291 cm³/mol. The molecule has 6 aliphatic carbocycles. The van der Waals surface area contributed by atoms with Crippen molar-refractivity contribution in [1.82, 2.24) is 15.0 Å². The molecule has 0 radical (unpaired) electrons. The summed E-state index contributed by atoms with van der Waals surface area (Å²) < 4.78 is 0. The Labute approximate surface area is 421 Å². The molecular formula is C69H51N3. The zero-order chi connectivity index (χ0) is 47.2. The fourth-order valence-corrected chi connectivity index (χ4v) is 16.8. The Bertz CT molecular complexity index is 3780. The molecule has 3 nitrogen and oxygen atoms in total. The Hall–Kier alpha value is -8.01. The van der Waals surface area contributed by atoms with Crippen LogP contribution >= 0.6 is 0 Å². The largest absolute Gasteiger partial charge is 0.208 e. The van der Waals surface area contributed by atoms with Crippen molar-refractivity contribution in [2.24, 2.45) is 5.92 Å². The summed E-state index contributed by atoms with van der Waals surface area (Å²) in [6.07, 6.45) is 5.71. The van der Waals surface area contributed by atoms with Gasteiger partial charge in [-0.25, -0.2) is 15.0 Å². The minimum atomic E-state index is -0.183. The van der Waals surface area contributed by atoms with Crippen molar-refractivity contribution in [2.75, 3.05) is 0 Å². The third-order valence-corrected chi connectivity index (χ3v) is 18.8. The number of hydrogen-bond acceptors (Lipinski definition) is 3. The molecule has 7 atom stereocenters. The number of benzene rings is 9. The highest BCUT2D eigenvalue weighted by Crippen LogP contribution is 2.82. The van der Waals surface area contributed by atoms with Crippen LogP contribution in [0, 0.1) is 5.92 Å². The van der Waals surface area contributed by atoms with Crippen LogP contribution in [0.1, 0.15) is 83.2 Å². The fraction of sp³-hybridized carbons (Fsp3) is 0.174. The molecule has 0 N–H and O–H groups in total. The van der Waals surface area contributed by atoms with E-state index in [9.17, 15) is 0 Å². The number of nitrogens with zero attached hydrogens (tertiary/aromatic N) is 3. The first kappa shape index (κ1) is 40.7. The van der Waals surface area contributed by atoms with Gasteiger partial charge in [0.1, 0.15) is 0 Å². The van der Waals surface area contributed by atoms with Gasteiger partial charge >= 0.3 is 0 Å². The van der Waals surface area contributed by atoms with Crippen molar-refractivity contribution in [3.63, 3.8) is 0 Å². The molecule has 3 fully saturated rings. The average molecular weight is 922 g/mol. The van der Waals surface area contributed by atoms with Crippen LogP contribution in [-0.2, 0) is 16.2 Å². The van der Waals surface area contributed by atoms with Crippen LogP contribution in [-0.4, -0.2) is 15.0 Å². The molecule has 0 saturated heterocycles. The highest BCUT2D eigenvalue weighted by atomic mass is 15.0. The van der Waals surface area contributed by atoms with Crippen LogP contribution in [0.15, 0.2) is 224 Å². The predicted octanol–water partition coefficient (Wildman–Crippen LogP) is 16.6. The lowest BCUT2D eigenvalue weighted by Gasteiger charge is -2.65. The zero-order valence-electron chi connectivity index (χ0n) is 40.0. The second-order valence-electron chi connectivity index (χ2n) is 21.9. The lowest BCUT2D eigenvalue weighted by molar-refractivity contribution is -0.00394. The van der Waals surface area contributed by atoms with Gasteiger partial charge in [0.2, 0.25) is 0 Å². The molecule has 1 heterocycles. The molecule has 16 rings (SSSR count). The van der Waals surface area contributed by atoms with Gasteiger partial charge in [0.15, 0.2) is 17.5 Å². The van der Waals surface area contributed by atoms with Gasteiger partial charge in [0.05, 0.1) is 0 Å².